The Morgan fingerprint density at radius 1 is 1.17 bits per heavy atom. The Bertz CT molecular complexity index is 539. The van der Waals surface area contributed by atoms with Gasteiger partial charge in [0.25, 0.3) is 0 Å². The zero-order valence-corrected chi connectivity index (χ0v) is 10.2. The number of hydrogen-bond donors (Lipinski definition) is 2. The van der Waals surface area contributed by atoms with Crippen molar-refractivity contribution >= 4 is 23.3 Å². The fraction of sp³-hybridized carbons (Fsp3) is 0.167. The minimum Gasteiger partial charge on any atom is -0.368 e. The summed E-state index contributed by atoms with van der Waals surface area (Å²) in [7, 11) is 3.73. The second-order valence-corrected chi connectivity index (χ2v) is 4.00. The van der Waals surface area contributed by atoms with Gasteiger partial charge < -0.3 is 16.0 Å². The summed E-state index contributed by atoms with van der Waals surface area (Å²) in [6.07, 6.45) is 0. The third-order valence-corrected chi connectivity index (χ3v) is 2.30. The average molecular weight is 247 g/mol. The van der Waals surface area contributed by atoms with E-state index in [1.54, 1.807) is 18.2 Å². The molecule has 1 aromatic heterocycles. The molecule has 2 rings (SSSR count). The molecule has 0 atom stereocenters. The molecule has 6 heteroatoms. The molecule has 0 radical (unpaired) electrons. The van der Waals surface area contributed by atoms with Crippen molar-refractivity contribution in [2.75, 3.05) is 30.0 Å². The molecule has 0 bridgehead atoms. The molecule has 1 aromatic carbocycles. The molecule has 0 saturated carbocycles. The van der Waals surface area contributed by atoms with Crippen LogP contribution in [0.4, 0.5) is 27.7 Å². The Morgan fingerprint density at radius 2 is 1.83 bits per heavy atom. The largest absolute Gasteiger partial charge is 0.368 e. The summed E-state index contributed by atoms with van der Waals surface area (Å²) in [6.45, 7) is 0. The summed E-state index contributed by atoms with van der Waals surface area (Å²) in [5.41, 5.74) is 6.36. The van der Waals surface area contributed by atoms with Gasteiger partial charge in [-0.25, -0.2) is 4.39 Å². The molecule has 5 nitrogen and oxygen atoms in total. The highest BCUT2D eigenvalue weighted by Crippen LogP contribution is 2.19. The molecule has 0 unspecified atom stereocenters. The lowest BCUT2D eigenvalue weighted by atomic mass is 10.3. The fourth-order valence-electron chi connectivity index (χ4n) is 1.43. The Hall–Kier alpha value is -2.37. The van der Waals surface area contributed by atoms with Crippen LogP contribution in [0.25, 0.3) is 0 Å². The minimum atomic E-state index is -0.281. The van der Waals surface area contributed by atoms with Crippen LogP contribution in [0.15, 0.2) is 30.3 Å². The van der Waals surface area contributed by atoms with Gasteiger partial charge in [-0.2, -0.15) is 9.97 Å². The van der Waals surface area contributed by atoms with Gasteiger partial charge in [-0.3, -0.25) is 0 Å². The van der Waals surface area contributed by atoms with Crippen LogP contribution in [-0.4, -0.2) is 24.1 Å². The van der Waals surface area contributed by atoms with Crippen molar-refractivity contribution in [1.82, 2.24) is 9.97 Å². The van der Waals surface area contributed by atoms with Gasteiger partial charge in [0, 0.05) is 25.8 Å². The van der Waals surface area contributed by atoms with Crippen LogP contribution >= 0.6 is 0 Å². The van der Waals surface area contributed by atoms with E-state index in [0.29, 0.717) is 11.6 Å². The SMILES string of the molecule is CN(C)c1cc(Nc2ccc(F)cc2)nc(N)n1. The van der Waals surface area contributed by atoms with Crippen molar-refractivity contribution in [2.24, 2.45) is 0 Å². The maximum atomic E-state index is 12.8. The smallest absolute Gasteiger partial charge is 0.223 e. The number of aromatic nitrogens is 2. The number of rotatable bonds is 3. The maximum Gasteiger partial charge on any atom is 0.223 e. The molecule has 0 saturated heterocycles. The molecule has 3 N–H and O–H groups in total. The van der Waals surface area contributed by atoms with E-state index in [-0.39, 0.29) is 11.8 Å². The van der Waals surface area contributed by atoms with E-state index >= 15 is 0 Å². The van der Waals surface area contributed by atoms with Gasteiger partial charge in [0.2, 0.25) is 5.95 Å². The van der Waals surface area contributed by atoms with Crippen LogP contribution in [0.5, 0.6) is 0 Å². The summed E-state index contributed by atoms with van der Waals surface area (Å²) in [4.78, 5) is 9.98. The van der Waals surface area contributed by atoms with Crippen LogP contribution in [0.3, 0.4) is 0 Å². The normalized spacial score (nSPS) is 10.2. The molecule has 1 heterocycles. The summed E-state index contributed by atoms with van der Waals surface area (Å²) >= 11 is 0. The topological polar surface area (TPSA) is 67.1 Å². The van der Waals surface area contributed by atoms with Crippen LogP contribution in [-0.2, 0) is 0 Å². The summed E-state index contributed by atoms with van der Waals surface area (Å²) in [5.74, 6) is 1.17. The highest BCUT2D eigenvalue weighted by molar-refractivity contribution is 5.60. The van der Waals surface area contributed by atoms with E-state index in [1.807, 2.05) is 19.0 Å². The average Bonchev–Trinajstić information content (AvgIpc) is 2.31. The lowest BCUT2D eigenvalue weighted by molar-refractivity contribution is 0.628. The monoisotopic (exact) mass is 247 g/mol. The second kappa shape index (κ2) is 4.87. The number of benzene rings is 1. The zero-order valence-electron chi connectivity index (χ0n) is 10.2. The summed E-state index contributed by atoms with van der Waals surface area (Å²) in [6, 6.07) is 7.77. The number of nitrogens with two attached hydrogens (primary N) is 1. The van der Waals surface area contributed by atoms with Crippen molar-refractivity contribution in [3.8, 4) is 0 Å². The van der Waals surface area contributed by atoms with Gasteiger partial charge in [0.15, 0.2) is 0 Å². The van der Waals surface area contributed by atoms with Gasteiger partial charge in [-0.1, -0.05) is 0 Å². The highest BCUT2D eigenvalue weighted by atomic mass is 19.1. The van der Waals surface area contributed by atoms with Gasteiger partial charge in [0.05, 0.1) is 0 Å². The first-order valence-electron chi connectivity index (χ1n) is 5.39. The molecule has 0 fully saturated rings. The molecule has 0 aliphatic rings. The molecular formula is C12H14FN5. The van der Waals surface area contributed by atoms with Gasteiger partial charge in [-0.15, -0.1) is 0 Å². The predicted octanol–water partition coefficient (Wildman–Crippen LogP) is 2.01. The third-order valence-electron chi connectivity index (χ3n) is 2.30. The summed E-state index contributed by atoms with van der Waals surface area (Å²) < 4.78 is 12.8. The predicted molar refractivity (Wildman–Crippen MR) is 70.5 cm³/mol. The van der Waals surface area contributed by atoms with Crippen LogP contribution < -0.4 is 16.0 Å². The molecule has 0 spiro atoms. The Morgan fingerprint density at radius 3 is 2.44 bits per heavy atom. The first-order valence-corrected chi connectivity index (χ1v) is 5.39. The maximum absolute atomic E-state index is 12.8. The zero-order chi connectivity index (χ0) is 13.1. The van der Waals surface area contributed by atoms with Crippen molar-refractivity contribution < 1.29 is 4.39 Å². The van der Waals surface area contributed by atoms with E-state index < -0.39 is 0 Å². The number of halogens is 1. The lowest BCUT2D eigenvalue weighted by Gasteiger charge is -2.13. The summed E-state index contributed by atoms with van der Waals surface area (Å²) in [5, 5.41) is 3.04. The van der Waals surface area contributed by atoms with Crippen LogP contribution in [0.2, 0.25) is 0 Å². The lowest BCUT2D eigenvalue weighted by Crippen LogP contribution is -2.13. The number of nitrogens with zero attached hydrogens (tertiary/aromatic N) is 3. The Labute approximate surface area is 104 Å². The van der Waals surface area contributed by atoms with E-state index in [2.05, 4.69) is 15.3 Å². The number of anilines is 4. The van der Waals surface area contributed by atoms with Crippen LogP contribution in [0.1, 0.15) is 0 Å². The first-order chi connectivity index (χ1) is 8.54. The van der Waals surface area contributed by atoms with E-state index in [4.69, 9.17) is 5.73 Å². The molecule has 0 aliphatic heterocycles. The Kier molecular flexibility index (Phi) is 3.27. The standard InChI is InChI=1S/C12H14FN5/c1-18(2)11-7-10(16-12(14)17-11)15-9-5-3-8(13)4-6-9/h3-7H,1-2H3,(H3,14,15,16,17). The van der Waals surface area contributed by atoms with Gasteiger partial charge in [0.1, 0.15) is 17.5 Å². The van der Waals surface area contributed by atoms with Crippen molar-refractivity contribution in [1.29, 1.82) is 0 Å². The molecule has 2 aromatic rings. The quantitative estimate of drug-likeness (QED) is 0.868. The highest BCUT2D eigenvalue weighted by Gasteiger charge is 2.04. The molecule has 0 aliphatic carbocycles. The van der Waals surface area contributed by atoms with Gasteiger partial charge in [-0.05, 0) is 24.3 Å². The molecule has 0 amide bonds. The van der Waals surface area contributed by atoms with Gasteiger partial charge >= 0.3 is 0 Å². The third kappa shape index (κ3) is 2.85. The first kappa shape index (κ1) is 12.1. The number of hydrogen-bond acceptors (Lipinski definition) is 5. The van der Waals surface area contributed by atoms with Crippen molar-refractivity contribution in [3.63, 3.8) is 0 Å². The molecular weight excluding hydrogens is 233 g/mol. The van der Waals surface area contributed by atoms with Crippen LogP contribution in [0, 0.1) is 5.82 Å². The minimum absolute atomic E-state index is 0.186. The Balaban J connectivity index is 2.26. The van der Waals surface area contributed by atoms with Crippen molar-refractivity contribution in [2.45, 2.75) is 0 Å². The second-order valence-electron chi connectivity index (χ2n) is 4.00. The number of nitrogen functional groups attached to an aromatic ring is 1. The molecule has 18 heavy (non-hydrogen) atoms. The fourth-order valence-corrected chi connectivity index (χ4v) is 1.43. The van der Waals surface area contributed by atoms with Crippen molar-refractivity contribution in [3.05, 3.63) is 36.1 Å². The molecule has 94 valence electrons. The van der Waals surface area contributed by atoms with E-state index in [1.165, 1.54) is 12.1 Å². The van der Waals surface area contributed by atoms with E-state index in [9.17, 15) is 4.39 Å². The van der Waals surface area contributed by atoms with E-state index in [0.717, 1.165) is 5.69 Å². The number of nitrogens with one attached hydrogen (secondary N) is 1.